The fraction of sp³-hybridized carbons (Fsp3) is 0.357. The molecule has 4 heteroatoms. The molecule has 0 amide bonds. The topological polar surface area (TPSA) is 16.1 Å². The van der Waals surface area contributed by atoms with Crippen LogP contribution >= 0.6 is 11.3 Å². The molecule has 1 saturated heterocycles. The summed E-state index contributed by atoms with van der Waals surface area (Å²) in [6, 6.07) is 10.2. The van der Waals surface area contributed by atoms with Crippen molar-refractivity contribution in [2.24, 2.45) is 0 Å². The molecule has 94 valence electrons. The van der Waals surface area contributed by atoms with Crippen molar-refractivity contribution in [1.82, 2.24) is 9.88 Å². The molecule has 2 heterocycles. The average Bonchev–Trinajstić information content (AvgIpc) is 3.01. The molecule has 2 nitrogen and oxygen atoms in total. The third kappa shape index (κ3) is 2.60. The number of aromatic nitrogens is 1. The van der Waals surface area contributed by atoms with Gasteiger partial charge in [-0.05, 0) is 6.42 Å². The Morgan fingerprint density at radius 2 is 2.17 bits per heavy atom. The van der Waals surface area contributed by atoms with Crippen LogP contribution in [0.3, 0.4) is 0 Å². The van der Waals surface area contributed by atoms with E-state index in [0.717, 1.165) is 23.7 Å². The number of rotatable bonds is 3. The standard InChI is InChI=1S/C14H15FN2S/c15-12-6-7-17(9-12)10-13-8-16-14(18-13)11-4-2-1-3-5-11/h1-5,8,12H,6-7,9-10H2/t12-/m1/s1. The van der Waals surface area contributed by atoms with E-state index in [0.29, 0.717) is 13.0 Å². The maximum Gasteiger partial charge on any atom is 0.123 e. The van der Waals surface area contributed by atoms with Crippen LogP contribution in [0.15, 0.2) is 36.5 Å². The third-order valence-electron chi connectivity index (χ3n) is 3.17. The molecule has 1 atom stereocenters. The Morgan fingerprint density at radius 1 is 1.33 bits per heavy atom. The van der Waals surface area contributed by atoms with E-state index in [9.17, 15) is 4.39 Å². The maximum absolute atomic E-state index is 13.1. The first-order chi connectivity index (χ1) is 8.81. The van der Waals surface area contributed by atoms with Gasteiger partial charge in [0.25, 0.3) is 0 Å². The van der Waals surface area contributed by atoms with E-state index in [-0.39, 0.29) is 0 Å². The summed E-state index contributed by atoms with van der Waals surface area (Å²) in [5.41, 5.74) is 1.15. The average molecular weight is 262 g/mol. The van der Waals surface area contributed by atoms with Crippen LogP contribution in [0.1, 0.15) is 11.3 Å². The Morgan fingerprint density at radius 3 is 2.89 bits per heavy atom. The lowest BCUT2D eigenvalue weighted by atomic mass is 10.2. The van der Waals surface area contributed by atoms with Crippen LogP contribution in [-0.2, 0) is 6.54 Å². The second-order valence-electron chi connectivity index (χ2n) is 4.62. The van der Waals surface area contributed by atoms with E-state index in [4.69, 9.17) is 0 Å². The lowest BCUT2D eigenvalue weighted by Gasteiger charge is -2.11. The van der Waals surface area contributed by atoms with Crippen molar-refractivity contribution in [2.45, 2.75) is 19.1 Å². The fourth-order valence-electron chi connectivity index (χ4n) is 2.24. The van der Waals surface area contributed by atoms with E-state index in [2.05, 4.69) is 22.0 Å². The number of benzene rings is 1. The quantitative estimate of drug-likeness (QED) is 0.843. The number of thiazole rings is 1. The van der Waals surface area contributed by atoms with E-state index >= 15 is 0 Å². The van der Waals surface area contributed by atoms with Crippen molar-refractivity contribution in [1.29, 1.82) is 0 Å². The molecule has 1 fully saturated rings. The SMILES string of the molecule is F[C@@H]1CCN(Cc2cnc(-c3ccccc3)s2)C1. The van der Waals surface area contributed by atoms with Gasteiger partial charge >= 0.3 is 0 Å². The van der Waals surface area contributed by atoms with E-state index in [1.54, 1.807) is 11.3 Å². The van der Waals surface area contributed by atoms with Crippen LogP contribution in [0.2, 0.25) is 0 Å². The zero-order valence-electron chi connectivity index (χ0n) is 10.1. The molecule has 2 aromatic rings. The highest BCUT2D eigenvalue weighted by Crippen LogP contribution is 2.26. The van der Waals surface area contributed by atoms with Gasteiger partial charge in [-0.2, -0.15) is 0 Å². The summed E-state index contributed by atoms with van der Waals surface area (Å²) in [6.07, 6.45) is 1.94. The van der Waals surface area contributed by atoms with Gasteiger partial charge in [0.15, 0.2) is 0 Å². The molecular formula is C14H15FN2S. The summed E-state index contributed by atoms with van der Waals surface area (Å²) >= 11 is 1.70. The Hall–Kier alpha value is -1.26. The van der Waals surface area contributed by atoms with E-state index in [1.807, 2.05) is 24.4 Å². The summed E-state index contributed by atoms with van der Waals surface area (Å²) in [5, 5.41) is 1.04. The Labute approximate surface area is 110 Å². The molecule has 0 spiro atoms. The van der Waals surface area contributed by atoms with Crippen molar-refractivity contribution in [2.75, 3.05) is 13.1 Å². The minimum atomic E-state index is -0.647. The molecular weight excluding hydrogens is 247 g/mol. The Kier molecular flexibility index (Phi) is 3.39. The zero-order valence-corrected chi connectivity index (χ0v) is 10.9. The van der Waals surface area contributed by atoms with Gasteiger partial charge in [0, 0.05) is 36.3 Å². The van der Waals surface area contributed by atoms with Crippen LogP contribution in [0.25, 0.3) is 10.6 Å². The largest absolute Gasteiger partial charge is 0.295 e. The lowest BCUT2D eigenvalue weighted by Crippen LogP contribution is -2.19. The molecule has 1 aliphatic rings. The second kappa shape index (κ2) is 5.16. The number of hydrogen-bond acceptors (Lipinski definition) is 3. The van der Waals surface area contributed by atoms with Gasteiger partial charge in [-0.1, -0.05) is 30.3 Å². The Bertz CT molecular complexity index is 512. The summed E-state index contributed by atoms with van der Waals surface area (Å²) in [7, 11) is 0. The normalized spacial score (nSPS) is 20.4. The van der Waals surface area contributed by atoms with Crippen molar-refractivity contribution in [3.8, 4) is 10.6 Å². The van der Waals surface area contributed by atoms with Crippen molar-refractivity contribution in [3.05, 3.63) is 41.4 Å². The number of hydrogen-bond donors (Lipinski definition) is 0. The summed E-state index contributed by atoms with van der Waals surface area (Å²) in [6.45, 7) is 2.25. The fourth-order valence-corrected chi connectivity index (χ4v) is 3.20. The molecule has 1 aliphatic heterocycles. The van der Waals surface area contributed by atoms with Crippen molar-refractivity contribution < 1.29 is 4.39 Å². The van der Waals surface area contributed by atoms with Gasteiger partial charge in [0.2, 0.25) is 0 Å². The highest BCUT2D eigenvalue weighted by atomic mass is 32.1. The molecule has 0 aliphatic carbocycles. The van der Waals surface area contributed by atoms with E-state index < -0.39 is 6.17 Å². The number of nitrogens with zero attached hydrogens (tertiary/aromatic N) is 2. The molecule has 0 radical (unpaired) electrons. The van der Waals surface area contributed by atoms with Crippen molar-refractivity contribution in [3.63, 3.8) is 0 Å². The lowest BCUT2D eigenvalue weighted by molar-refractivity contribution is 0.284. The Balaban J connectivity index is 1.70. The van der Waals surface area contributed by atoms with Gasteiger partial charge in [-0.3, -0.25) is 4.90 Å². The van der Waals surface area contributed by atoms with Crippen LogP contribution < -0.4 is 0 Å². The summed E-state index contributed by atoms with van der Waals surface area (Å²) < 4.78 is 13.1. The summed E-state index contributed by atoms with van der Waals surface area (Å²) in [4.78, 5) is 7.82. The molecule has 1 aromatic carbocycles. The highest BCUT2D eigenvalue weighted by molar-refractivity contribution is 7.15. The number of alkyl halides is 1. The first-order valence-corrected chi connectivity index (χ1v) is 6.99. The number of halogens is 1. The van der Waals surface area contributed by atoms with E-state index in [1.165, 1.54) is 4.88 Å². The third-order valence-corrected chi connectivity index (χ3v) is 4.20. The van der Waals surface area contributed by atoms with Gasteiger partial charge < -0.3 is 0 Å². The first-order valence-electron chi connectivity index (χ1n) is 6.18. The smallest absolute Gasteiger partial charge is 0.123 e. The summed E-state index contributed by atoms with van der Waals surface area (Å²) in [5.74, 6) is 0. The predicted octanol–water partition coefficient (Wildman–Crippen LogP) is 3.35. The van der Waals surface area contributed by atoms with Crippen LogP contribution in [-0.4, -0.2) is 29.1 Å². The second-order valence-corrected chi connectivity index (χ2v) is 5.73. The van der Waals surface area contributed by atoms with Gasteiger partial charge in [-0.15, -0.1) is 11.3 Å². The molecule has 18 heavy (non-hydrogen) atoms. The minimum absolute atomic E-state index is 0.568. The molecule has 0 N–H and O–H groups in total. The maximum atomic E-state index is 13.1. The van der Waals surface area contributed by atoms with Crippen LogP contribution in [0.5, 0.6) is 0 Å². The monoisotopic (exact) mass is 262 g/mol. The van der Waals surface area contributed by atoms with Crippen molar-refractivity contribution >= 4 is 11.3 Å². The highest BCUT2D eigenvalue weighted by Gasteiger charge is 2.22. The number of likely N-dealkylation sites (tertiary alicyclic amines) is 1. The van der Waals surface area contributed by atoms with Crippen LogP contribution in [0.4, 0.5) is 4.39 Å². The molecule has 0 bridgehead atoms. The van der Waals surface area contributed by atoms with Crippen LogP contribution in [0, 0.1) is 0 Å². The first kappa shape index (κ1) is 11.8. The molecule has 0 saturated carbocycles. The predicted molar refractivity (Wildman–Crippen MR) is 72.3 cm³/mol. The van der Waals surface area contributed by atoms with Gasteiger partial charge in [0.05, 0.1) is 0 Å². The molecule has 3 rings (SSSR count). The zero-order chi connectivity index (χ0) is 12.4. The van der Waals surface area contributed by atoms with Gasteiger partial charge in [0.1, 0.15) is 11.2 Å². The van der Waals surface area contributed by atoms with Gasteiger partial charge in [-0.25, -0.2) is 9.37 Å². The molecule has 1 aromatic heterocycles. The minimum Gasteiger partial charge on any atom is -0.295 e. The molecule has 0 unspecified atom stereocenters.